The lowest BCUT2D eigenvalue weighted by atomic mass is 10.1. The summed E-state index contributed by atoms with van der Waals surface area (Å²) in [6.07, 6.45) is -4.76. The van der Waals surface area contributed by atoms with Crippen LogP contribution >= 0.6 is 11.8 Å². The zero-order valence-corrected chi connectivity index (χ0v) is 12.2. The van der Waals surface area contributed by atoms with E-state index in [9.17, 15) is 32.9 Å². The maximum atomic E-state index is 12.5. The Morgan fingerprint density at radius 1 is 1.35 bits per heavy atom. The largest absolute Gasteiger partial charge is 0.481 e. The lowest BCUT2D eigenvalue weighted by molar-refractivity contribution is -0.385. The number of carbonyl (C=O) groups is 2. The number of carboxylic acid groups (broad SMARTS) is 1. The van der Waals surface area contributed by atoms with Crippen LogP contribution in [0, 0.1) is 10.1 Å². The molecule has 11 heteroatoms. The number of carbonyl (C=O) groups excluding carboxylic acids is 1. The van der Waals surface area contributed by atoms with E-state index in [0.29, 0.717) is 12.1 Å². The highest BCUT2D eigenvalue weighted by Gasteiger charge is 2.33. The molecule has 0 atom stereocenters. The molecule has 0 heterocycles. The first-order valence-corrected chi connectivity index (χ1v) is 7.21. The summed E-state index contributed by atoms with van der Waals surface area (Å²) in [6, 6.07) is 1.62. The molecule has 0 spiro atoms. The Morgan fingerprint density at radius 3 is 2.52 bits per heavy atom. The molecule has 0 radical (unpaired) electrons. The number of nitro benzene ring substituents is 1. The Morgan fingerprint density at radius 2 is 2.00 bits per heavy atom. The first kappa shape index (κ1) is 18.7. The maximum absolute atomic E-state index is 12.5. The van der Waals surface area contributed by atoms with Crippen molar-refractivity contribution in [2.24, 2.45) is 0 Å². The van der Waals surface area contributed by atoms with E-state index in [2.05, 4.69) is 5.32 Å². The van der Waals surface area contributed by atoms with Crippen LogP contribution in [0.25, 0.3) is 0 Å². The van der Waals surface area contributed by atoms with Crippen molar-refractivity contribution in [2.45, 2.75) is 6.18 Å². The van der Waals surface area contributed by atoms with Crippen molar-refractivity contribution >= 4 is 29.3 Å². The van der Waals surface area contributed by atoms with Crippen molar-refractivity contribution in [3.8, 4) is 0 Å². The molecule has 126 valence electrons. The Balaban J connectivity index is 2.80. The lowest BCUT2D eigenvalue weighted by Gasteiger charge is -2.09. The fourth-order valence-electron chi connectivity index (χ4n) is 1.54. The van der Waals surface area contributed by atoms with Gasteiger partial charge in [-0.2, -0.15) is 13.2 Å². The monoisotopic (exact) mass is 352 g/mol. The standard InChI is InChI=1S/C12H11F3N2O5S/c13-12(14,15)7-1-2-8(9(5-7)17(21)22)11(20)16-3-4-23-6-10(18)19/h1-2,5H,3-4,6H2,(H,16,20)(H,18,19). The fraction of sp³-hybridized carbons (Fsp3) is 0.333. The van der Waals surface area contributed by atoms with Crippen LogP contribution < -0.4 is 5.32 Å². The summed E-state index contributed by atoms with van der Waals surface area (Å²) < 4.78 is 37.6. The molecule has 0 saturated carbocycles. The molecule has 0 bridgehead atoms. The summed E-state index contributed by atoms with van der Waals surface area (Å²) in [5, 5.41) is 21.5. The Hall–Kier alpha value is -2.30. The van der Waals surface area contributed by atoms with E-state index < -0.39 is 39.8 Å². The van der Waals surface area contributed by atoms with Crippen molar-refractivity contribution < 1.29 is 32.8 Å². The van der Waals surface area contributed by atoms with E-state index >= 15 is 0 Å². The lowest BCUT2D eigenvalue weighted by Crippen LogP contribution is -2.27. The molecule has 1 aromatic carbocycles. The number of benzene rings is 1. The van der Waals surface area contributed by atoms with Crippen LogP contribution in [0.5, 0.6) is 0 Å². The molecule has 0 aliphatic carbocycles. The first-order chi connectivity index (χ1) is 10.6. The predicted octanol–water partition coefficient (Wildman–Crippen LogP) is 2.16. The number of hydrogen-bond donors (Lipinski definition) is 2. The molecule has 0 saturated heterocycles. The SMILES string of the molecule is O=C(O)CSCCNC(=O)c1ccc(C(F)(F)F)cc1[N+](=O)[O-]. The van der Waals surface area contributed by atoms with Gasteiger partial charge in [0.25, 0.3) is 11.6 Å². The normalized spacial score (nSPS) is 11.1. The number of aliphatic carboxylic acids is 1. The molecule has 7 nitrogen and oxygen atoms in total. The summed E-state index contributed by atoms with van der Waals surface area (Å²) >= 11 is 1.02. The average molecular weight is 352 g/mol. The van der Waals surface area contributed by atoms with Crippen LogP contribution in [0.3, 0.4) is 0 Å². The number of alkyl halides is 3. The smallest absolute Gasteiger partial charge is 0.416 e. The molecule has 0 unspecified atom stereocenters. The molecule has 0 aliphatic rings. The summed E-state index contributed by atoms with van der Waals surface area (Å²) in [4.78, 5) is 31.9. The minimum Gasteiger partial charge on any atom is -0.481 e. The molecule has 1 rings (SSSR count). The highest BCUT2D eigenvalue weighted by atomic mass is 32.2. The molecule has 23 heavy (non-hydrogen) atoms. The second-order valence-corrected chi connectivity index (χ2v) is 5.29. The summed E-state index contributed by atoms with van der Waals surface area (Å²) in [6.45, 7) is 0.0228. The van der Waals surface area contributed by atoms with Crippen molar-refractivity contribution in [3.05, 3.63) is 39.4 Å². The Kier molecular flexibility index (Phi) is 6.37. The first-order valence-electron chi connectivity index (χ1n) is 6.06. The minimum atomic E-state index is -4.76. The van der Waals surface area contributed by atoms with E-state index in [-0.39, 0.29) is 18.1 Å². The number of thioether (sulfide) groups is 1. The number of nitro groups is 1. The fourth-order valence-corrected chi connectivity index (χ4v) is 2.11. The topological polar surface area (TPSA) is 110 Å². The third kappa shape index (κ3) is 5.77. The Bertz CT molecular complexity index is 621. The highest BCUT2D eigenvalue weighted by Crippen LogP contribution is 2.32. The van der Waals surface area contributed by atoms with E-state index in [4.69, 9.17) is 5.11 Å². The van der Waals surface area contributed by atoms with Crippen LogP contribution in [0.2, 0.25) is 0 Å². The molecule has 0 aromatic heterocycles. The van der Waals surface area contributed by atoms with Gasteiger partial charge < -0.3 is 10.4 Å². The van der Waals surface area contributed by atoms with Crippen molar-refractivity contribution in [1.82, 2.24) is 5.32 Å². The number of nitrogens with one attached hydrogen (secondary N) is 1. The van der Waals surface area contributed by atoms with Crippen molar-refractivity contribution in [2.75, 3.05) is 18.1 Å². The van der Waals surface area contributed by atoms with Crippen LogP contribution in [0.1, 0.15) is 15.9 Å². The van der Waals surface area contributed by atoms with Crippen LogP contribution in [-0.2, 0) is 11.0 Å². The van der Waals surface area contributed by atoms with Crippen LogP contribution in [0.15, 0.2) is 18.2 Å². The Labute approximate surface area is 132 Å². The summed E-state index contributed by atoms with van der Waals surface area (Å²) in [5.41, 5.74) is -2.67. The van der Waals surface area contributed by atoms with Gasteiger partial charge >= 0.3 is 12.1 Å². The van der Waals surface area contributed by atoms with Gasteiger partial charge in [-0.25, -0.2) is 0 Å². The maximum Gasteiger partial charge on any atom is 0.416 e. The predicted molar refractivity (Wildman–Crippen MR) is 75.4 cm³/mol. The zero-order valence-electron chi connectivity index (χ0n) is 11.4. The zero-order chi connectivity index (χ0) is 17.6. The number of halogens is 3. The molecule has 0 aliphatic heterocycles. The molecule has 1 amide bonds. The van der Waals surface area contributed by atoms with Crippen LogP contribution in [0.4, 0.5) is 18.9 Å². The number of rotatable bonds is 7. The summed E-state index contributed by atoms with van der Waals surface area (Å²) in [7, 11) is 0. The second kappa shape index (κ2) is 7.81. The molecule has 2 N–H and O–H groups in total. The molecular weight excluding hydrogens is 341 g/mol. The third-order valence-electron chi connectivity index (χ3n) is 2.52. The van der Waals surface area contributed by atoms with Gasteiger partial charge in [-0.05, 0) is 12.1 Å². The van der Waals surface area contributed by atoms with Gasteiger partial charge in [-0.15, -0.1) is 11.8 Å². The van der Waals surface area contributed by atoms with Gasteiger partial charge in [0, 0.05) is 18.4 Å². The van der Waals surface area contributed by atoms with Gasteiger partial charge in [0.05, 0.1) is 16.2 Å². The number of hydrogen-bond acceptors (Lipinski definition) is 5. The van der Waals surface area contributed by atoms with E-state index in [1.165, 1.54) is 0 Å². The van der Waals surface area contributed by atoms with Gasteiger partial charge in [0.1, 0.15) is 5.56 Å². The molecular formula is C12H11F3N2O5S. The molecule has 1 aromatic rings. The number of carboxylic acids is 1. The van der Waals surface area contributed by atoms with Gasteiger partial charge in [-0.3, -0.25) is 19.7 Å². The second-order valence-electron chi connectivity index (χ2n) is 4.19. The average Bonchev–Trinajstić information content (AvgIpc) is 2.44. The number of amides is 1. The quantitative estimate of drug-likeness (QED) is 0.442. The number of nitrogens with zero attached hydrogens (tertiary/aromatic N) is 1. The highest BCUT2D eigenvalue weighted by molar-refractivity contribution is 7.99. The van der Waals surface area contributed by atoms with Crippen molar-refractivity contribution in [3.63, 3.8) is 0 Å². The molecule has 0 fully saturated rings. The van der Waals surface area contributed by atoms with E-state index in [1.54, 1.807) is 0 Å². The summed E-state index contributed by atoms with van der Waals surface area (Å²) in [5.74, 6) is -1.86. The van der Waals surface area contributed by atoms with Gasteiger partial charge in [0.15, 0.2) is 0 Å². The van der Waals surface area contributed by atoms with E-state index in [1.807, 2.05) is 0 Å². The van der Waals surface area contributed by atoms with Crippen molar-refractivity contribution in [1.29, 1.82) is 0 Å². The third-order valence-corrected chi connectivity index (χ3v) is 3.47. The van der Waals surface area contributed by atoms with E-state index in [0.717, 1.165) is 17.8 Å². The minimum absolute atomic E-state index is 0.0228. The van der Waals surface area contributed by atoms with Crippen LogP contribution in [-0.4, -0.2) is 40.0 Å². The van der Waals surface area contributed by atoms with Gasteiger partial charge in [-0.1, -0.05) is 0 Å². The van der Waals surface area contributed by atoms with Gasteiger partial charge in [0.2, 0.25) is 0 Å².